The predicted octanol–water partition coefficient (Wildman–Crippen LogP) is 5.28. The molecular formula is C25H26N4O5. The van der Waals surface area contributed by atoms with Gasteiger partial charge in [0.1, 0.15) is 22.9 Å². The number of amides is 1. The van der Waals surface area contributed by atoms with Crippen LogP contribution in [-0.2, 0) is 0 Å². The molecule has 34 heavy (non-hydrogen) atoms. The highest BCUT2D eigenvalue weighted by molar-refractivity contribution is 6.05. The molecule has 3 aromatic rings. The summed E-state index contributed by atoms with van der Waals surface area (Å²) in [7, 11) is 1.58. The molecule has 1 N–H and O–H groups in total. The zero-order valence-electron chi connectivity index (χ0n) is 19.1. The molecule has 0 unspecified atom stereocenters. The van der Waals surface area contributed by atoms with Gasteiger partial charge in [-0.3, -0.25) is 14.9 Å². The summed E-state index contributed by atoms with van der Waals surface area (Å²) >= 11 is 0. The van der Waals surface area contributed by atoms with Gasteiger partial charge in [0, 0.05) is 30.9 Å². The molecule has 1 aliphatic heterocycles. The Labute approximate surface area is 197 Å². The summed E-state index contributed by atoms with van der Waals surface area (Å²) in [5.41, 5.74) is 0.988. The van der Waals surface area contributed by atoms with Gasteiger partial charge in [0.05, 0.1) is 12.0 Å². The van der Waals surface area contributed by atoms with Crippen molar-refractivity contribution < 1.29 is 19.2 Å². The monoisotopic (exact) mass is 462 g/mol. The van der Waals surface area contributed by atoms with E-state index in [1.165, 1.54) is 6.07 Å². The number of hydrogen-bond acceptors (Lipinski definition) is 7. The second-order valence-corrected chi connectivity index (χ2v) is 8.22. The fourth-order valence-corrected chi connectivity index (χ4v) is 3.84. The minimum Gasteiger partial charge on any atom is -0.497 e. The molecule has 2 heterocycles. The van der Waals surface area contributed by atoms with E-state index >= 15 is 0 Å². The molecule has 0 atom stereocenters. The molecule has 0 radical (unpaired) electrons. The first-order chi connectivity index (χ1) is 16.4. The summed E-state index contributed by atoms with van der Waals surface area (Å²) in [6.07, 6.45) is 3.52. The predicted molar refractivity (Wildman–Crippen MR) is 129 cm³/mol. The molecule has 1 amide bonds. The first-order valence-corrected chi connectivity index (χ1v) is 11.1. The van der Waals surface area contributed by atoms with Crippen LogP contribution in [0.4, 0.5) is 17.1 Å². The van der Waals surface area contributed by atoms with Crippen LogP contribution < -0.4 is 19.7 Å². The van der Waals surface area contributed by atoms with E-state index < -0.39 is 10.8 Å². The number of nitrogens with zero attached hydrogens (tertiary/aromatic N) is 3. The largest absolute Gasteiger partial charge is 0.497 e. The van der Waals surface area contributed by atoms with E-state index in [0.29, 0.717) is 28.8 Å². The van der Waals surface area contributed by atoms with Gasteiger partial charge in [-0.05, 0) is 67.3 Å². The fourth-order valence-electron chi connectivity index (χ4n) is 3.84. The van der Waals surface area contributed by atoms with Crippen LogP contribution in [-0.4, -0.2) is 36.0 Å². The number of anilines is 2. The molecule has 1 saturated heterocycles. The van der Waals surface area contributed by atoms with E-state index in [1.54, 1.807) is 61.8 Å². The van der Waals surface area contributed by atoms with E-state index in [0.717, 1.165) is 25.9 Å². The Bertz CT molecular complexity index is 1170. The van der Waals surface area contributed by atoms with Crippen LogP contribution in [0.5, 0.6) is 17.4 Å². The van der Waals surface area contributed by atoms with E-state index in [2.05, 4.69) is 17.2 Å². The van der Waals surface area contributed by atoms with Gasteiger partial charge in [-0.1, -0.05) is 6.92 Å². The highest BCUT2D eigenvalue weighted by Crippen LogP contribution is 2.33. The Balaban J connectivity index is 1.53. The molecule has 1 aromatic heterocycles. The first-order valence-electron chi connectivity index (χ1n) is 11.1. The highest BCUT2D eigenvalue weighted by atomic mass is 16.6. The molecule has 1 aliphatic rings. The van der Waals surface area contributed by atoms with Crippen LogP contribution in [0.3, 0.4) is 0 Å². The maximum absolute atomic E-state index is 13.0. The number of pyridine rings is 1. The molecule has 0 spiro atoms. The van der Waals surface area contributed by atoms with Crippen molar-refractivity contribution in [2.24, 2.45) is 5.92 Å². The molecular weight excluding hydrogens is 436 g/mol. The first kappa shape index (κ1) is 23.0. The second-order valence-electron chi connectivity index (χ2n) is 8.22. The van der Waals surface area contributed by atoms with Crippen LogP contribution in [0.1, 0.15) is 30.1 Å². The number of nitro groups is 1. The maximum atomic E-state index is 13.0. The van der Waals surface area contributed by atoms with Crippen molar-refractivity contribution in [1.82, 2.24) is 4.98 Å². The minimum absolute atomic E-state index is 0.0805. The lowest BCUT2D eigenvalue weighted by Gasteiger charge is -2.31. The van der Waals surface area contributed by atoms with Crippen molar-refractivity contribution >= 4 is 23.0 Å². The normalized spacial score (nSPS) is 13.9. The van der Waals surface area contributed by atoms with Gasteiger partial charge in [-0.15, -0.1) is 0 Å². The van der Waals surface area contributed by atoms with Crippen molar-refractivity contribution in [3.63, 3.8) is 0 Å². The molecule has 176 valence electrons. The SMILES string of the molecule is COc1ccc(Oc2ncccc2NC(=O)c2ccc(N3CCC(C)CC3)c([N+](=O)[O-])c2)cc1. The lowest BCUT2D eigenvalue weighted by molar-refractivity contribution is -0.384. The average Bonchev–Trinajstić information content (AvgIpc) is 2.86. The Morgan fingerprint density at radius 1 is 1.12 bits per heavy atom. The quantitative estimate of drug-likeness (QED) is 0.376. The van der Waals surface area contributed by atoms with Gasteiger partial charge in [-0.2, -0.15) is 0 Å². The minimum atomic E-state index is -0.491. The highest BCUT2D eigenvalue weighted by Gasteiger charge is 2.25. The molecule has 9 nitrogen and oxygen atoms in total. The van der Waals surface area contributed by atoms with Gasteiger partial charge >= 0.3 is 0 Å². The van der Waals surface area contributed by atoms with Crippen LogP contribution in [0.25, 0.3) is 0 Å². The summed E-state index contributed by atoms with van der Waals surface area (Å²) in [5.74, 6) is 1.52. The molecule has 0 bridgehead atoms. The summed E-state index contributed by atoms with van der Waals surface area (Å²) in [6.45, 7) is 3.70. The van der Waals surface area contributed by atoms with Gasteiger partial charge in [0.25, 0.3) is 11.6 Å². The third kappa shape index (κ3) is 5.25. The molecule has 4 rings (SSSR count). The lowest BCUT2D eigenvalue weighted by atomic mass is 9.98. The number of carbonyl (C=O) groups excluding carboxylic acids is 1. The van der Waals surface area contributed by atoms with Gasteiger partial charge in [0.15, 0.2) is 0 Å². The summed E-state index contributed by atoms with van der Waals surface area (Å²) in [6, 6.07) is 14.9. The van der Waals surface area contributed by atoms with Gasteiger partial charge in [-0.25, -0.2) is 4.98 Å². The zero-order chi connectivity index (χ0) is 24.1. The molecule has 9 heteroatoms. The number of aromatic nitrogens is 1. The van der Waals surface area contributed by atoms with Crippen molar-refractivity contribution in [2.45, 2.75) is 19.8 Å². The Morgan fingerprint density at radius 2 is 1.82 bits per heavy atom. The number of rotatable bonds is 7. The van der Waals surface area contributed by atoms with Crippen LogP contribution in [0.15, 0.2) is 60.8 Å². The summed E-state index contributed by atoms with van der Waals surface area (Å²) in [4.78, 5) is 30.5. The van der Waals surface area contributed by atoms with E-state index in [4.69, 9.17) is 9.47 Å². The second kappa shape index (κ2) is 10.2. The summed E-state index contributed by atoms with van der Waals surface area (Å²) < 4.78 is 11.0. The van der Waals surface area contributed by atoms with Crippen molar-refractivity contribution in [3.8, 4) is 17.4 Å². The number of hydrogen-bond donors (Lipinski definition) is 1. The average molecular weight is 463 g/mol. The Kier molecular flexibility index (Phi) is 6.91. The van der Waals surface area contributed by atoms with E-state index in [1.807, 2.05) is 4.90 Å². The molecule has 0 saturated carbocycles. The number of nitro benzene ring substituents is 1. The number of ether oxygens (including phenoxy) is 2. The van der Waals surface area contributed by atoms with Crippen LogP contribution in [0.2, 0.25) is 0 Å². The summed E-state index contributed by atoms with van der Waals surface area (Å²) in [5, 5.41) is 14.5. The Hall–Kier alpha value is -4.14. The van der Waals surface area contributed by atoms with Gasteiger partial charge in [0.2, 0.25) is 5.88 Å². The lowest BCUT2D eigenvalue weighted by Crippen LogP contribution is -2.33. The number of nitrogens with one attached hydrogen (secondary N) is 1. The van der Waals surface area contributed by atoms with Crippen molar-refractivity contribution in [2.75, 3.05) is 30.4 Å². The topological polar surface area (TPSA) is 107 Å². The van der Waals surface area contributed by atoms with E-state index in [-0.39, 0.29) is 17.1 Å². The van der Waals surface area contributed by atoms with Crippen LogP contribution >= 0.6 is 0 Å². The van der Waals surface area contributed by atoms with Crippen LogP contribution in [0, 0.1) is 16.0 Å². The standard InChI is InChI=1S/C25H26N4O5/c1-17-11-14-28(15-12-17)22-10-5-18(16-23(22)29(31)32)24(30)27-21-4-3-13-26-25(21)34-20-8-6-19(33-2)7-9-20/h3-10,13,16-17H,11-12,14-15H2,1-2H3,(H,27,30). The van der Waals surface area contributed by atoms with Crippen molar-refractivity contribution in [1.29, 1.82) is 0 Å². The number of piperidine rings is 1. The number of carbonyl (C=O) groups is 1. The smallest absolute Gasteiger partial charge is 0.293 e. The number of methoxy groups -OCH3 is 1. The van der Waals surface area contributed by atoms with Crippen molar-refractivity contribution in [3.05, 3.63) is 76.5 Å². The molecule has 0 aliphatic carbocycles. The fraction of sp³-hybridized carbons (Fsp3) is 0.280. The Morgan fingerprint density at radius 3 is 2.50 bits per heavy atom. The van der Waals surface area contributed by atoms with Gasteiger partial charge < -0.3 is 19.7 Å². The molecule has 1 fully saturated rings. The third-order valence-electron chi connectivity index (χ3n) is 5.85. The molecule has 2 aromatic carbocycles. The zero-order valence-corrected chi connectivity index (χ0v) is 19.1. The maximum Gasteiger partial charge on any atom is 0.293 e. The number of benzene rings is 2. The third-order valence-corrected chi connectivity index (χ3v) is 5.85. The van der Waals surface area contributed by atoms with E-state index in [9.17, 15) is 14.9 Å².